The average Bonchev–Trinajstić information content (AvgIpc) is 3.03. The van der Waals surface area contributed by atoms with Gasteiger partial charge in [-0.2, -0.15) is 9.40 Å². The molecule has 9 heteroatoms. The van der Waals surface area contributed by atoms with Gasteiger partial charge in [0.2, 0.25) is 10.0 Å². The highest BCUT2D eigenvalue weighted by atomic mass is 32.2. The molecule has 3 rings (SSSR count). The highest BCUT2D eigenvalue weighted by Crippen LogP contribution is 2.07. The fraction of sp³-hybridized carbons (Fsp3) is 0.429. The number of ether oxygens (including phenoxy) is 1. The van der Waals surface area contributed by atoms with Crippen LogP contribution in [0.2, 0.25) is 0 Å². The number of sulfonamides is 1. The molecule has 0 aliphatic carbocycles. The van der Waals surface area contributed by atoms with Crippen molar-refractivity contribution in [3.63, 3.8) is 0 Å². The lowest BCUT2D eigenvalue weighted by Gasteiger charge is -2.26. The summed E-state index contributed by atoms with van der Waals surface area (Å²) in [6, 6.07) is 5.14. The van der Waals surface area contributed by atoms with Gasteiger partial charge < -0.3 is 10.1 Å². The van der Waals surface area contributed by atoms with Crippen LogP contribution < -0.4 is 5.32 Å². The van der Waals surface area contributed by atoms with Crippen molar-refractivity contribution in [1.82, 2.24) is 19.2 Å². The predicted molar refractivity (Wildman–Crippen MR) is 83.7 cm³/mol. The highest BCUT2D eigenvalue weighted by molar-refractivity contribution is 7.89. The number of fused-ring (bicyclic) bond motifs is 1. The third-order valence-corrected chi connectivity index (χ3v) is 5.54. The molecule has 1 fully saturated rings. The molecule has 0 saturated carbocycles. The standard InChI is InChI=1S/C14H18N4O4S/c19-14(12-2-5-18-13(11-12)1-3-16-18)15-4-10-23(20,21)17-6-8-22-9-7-17/h1-3,5,11H,4,6-10H2,(H,15,19). The number of aromatic nitrogens is 2. The maximum atomic E-state index is 12.2. The zero-order valence-electron chi connectivity index (χ0n) is 12.5. The summed E-state index contributed by atoms with van der Waals surface area (Å²) in [6.07, 6.45) is 3.33. The van der Waals surface area contributed by atoms with Gasteiger partial charge in [0, 0.05) is 37.6 Å². The first-order chi connectivity index (χ1) is 11.1. The van der Waals surface area contributed by atoms with Crippen LogP contribution in [0.25, 0.3) is 5.52 Å². The number of rotatable bonds is 5. The van der Waals surface area contributed by atoms with Gasteiger partial charge in [-0.25, -0.2) is 12.9 Å². The zero-order chi connectivity index (χ0) is 16.3. The molecule has 0 spiro atoms. The Morgan fingerprint density at radius 3 is 2.87 bits per heavy atom. The molecule has 0 radical (unpaired) electrons. The Balaban J connectivity index is 1.56. The van der Waals surface area contributed by atoms with Gasteiger partial charge in [0.25, 0.3) is 5.91 Å². The van der Waals surface area contributed by atoms with Crippen molar-refractivity contribution >= 4 is 21.4 Å². The van der Waals surface area contributed by atoms with E-state index in [2.05, 4.69) is 10.4 Å². The van der Waals surface area contributed by atoms with E-state index in [4.69, 9.17) is 4.74 Å². The normalized spacial score (nSPS) is 16.5. The van der Waals surface area contributed by atoms with Crippen LogP contribution in [0.1, 0.15) is 10.4 Å². The van der Waals surface area contributed by atoms with Gasteiger partial charge in [-0.15, -0.1) is 0 Å². The first-order valence-corrected chi connectivity index (χ1v) is 8.94. The highest BCUT2D eigenvalue weighted by Gasteiger charge is 2.24. The van der Waals surface area contributed by atoms with Crippen LogP contribution in [0.4, 0.5) is 0 Å². The first-order valence-electron chi connectivity index (χ1n) is 7.33. The molecule has 0 bridgehead atoms. The lowest BCUT2D eigenvalue weighted by atomic mass is 10.2. The number of carbonyl (C=O) groups is 1. The van der Waals surface area contributed by atoms with Crippen LogP contribution in [0, 0.1) is 0 Å². The number of amides is 1. The molecule has 1 amide bonds. The largest absolute Gasteiger partial charge is 0.379 e. The number of pyridine rings is 1. The minimum absolute atomic E-state index is 0.0724. The maximum Gasteiger partial charge on any atom is 0.251 e. The van der Waals surface area contributed by atoms with Crippen LogP contribution in [0.5, 0.6) is 0 Å². The van der Waals surface area contributed by atoms with Gasteiger partial charge in [0.05, 0.1) is 24.5 Å². The Labute approximate surface area is 134 Å². The summed E-state index contributed by atoms with van der Waals surface area (Å²) < 4.78 is 32.5. The number of nitrogens with one attached hydrogen (secondary N) is 1. The van der Waals surface area contributed by atoms with E-state index >= 15 is 0 Å². The molecule has 8 nitrogen and oxygen atoms in total. The molecule has 1 saturated heterocycles. The van der Waals surface area contributed by atoms with E-state index < -0.39 is 10.0 Å². The van der Waals surface area contributed by atoms with Crippen molar-refractivity contribution < 1.29 is 17.9 Å². The number of hydrogen-bond donors (Lipinski definition) is 1. The van der Waals surface area contributed by atoms with Gasteiger partial charge in [0.15, 0.2) is 0 Å². The van der Waals surface area contributed by atoms with Crippen molar-refractivity contribution in [1.29, 1.82) is 0 Å². The molecule has 0 aromatic carbocycles. The summed E-state index contributed by atoms with van der Waals surface area (Å²) in [6.45, 7) is 1.64. The molecule has 1 aliphatic rings. The Hall–Kier alpha value is -1.97. The summed E-state index contributed by atoms with van der Waals surface area (Å²) in [5.41, 5.74) is 1.28. The molecule has 124 valence electrons. The summed E-state index contributed by atoms with van der Waals surface area (Å²) in [4.78, 5) is 12.1. The molecule has 1 N–H and O–H groups in total. The van der Waals surface area contributed by atoms with Gasteiger partial charge >= 0.3 is 0 Å². The fourth-order valence-electron chi connectivity index (χ4n) is 2.41. The molecular weight excluding hydrogens is 320 g/mol. The molecule has 3 heterocycles. The lowest BCUT2D eigenvalue weighted by molar-refractivity contribution is 0.0730. The van der Waals surface area contributed by atoms with Crippen molar-refractivity contribution in [3.8, 4) is 0 Å². The second-order valence-electron chi connectivity index (χ2n) is 5.20. The van der Waals surface area contributed by atoms with Gasteiger partial charge in [-0.05, 0) is 18.2 Å². The third kappa shape index (κ3) is 3.69. The Morgan fingerprint density at radius 2 is 2.09 bits per heavy atom. The summed E-state index contributed by atoms with van der Waals surface area (Å²) in [7, 11) is -3.36. The lowest BCUT2D eigenvalue weighted by Crippen LogP contribution is -2.43. The van der Waals surface area contributed by atoms with Crippen molar-refractivity contribution in [2.75, 3.05) is 38.6 Å². The molecule has 1 aliphatic heterocycles. The van der Waals surface area contributed by atoms with Crippen LogP contribution in [0.3, 0.4) is 0 Å². The first kappa shape index (κ1) is 15.9. The van der Waals surface area contributed by atoms with E-state index in [0.717, 1.165) is 5.52 Å². The average molecular weight is 338 g/mol. The van der Waals surface area contributed by atoms with Crippen molar-refractivity contribution in [2.45, 2.75) is 0 Å². The van der Waals surface area contributed by atoms with E-state index in [1.54, 1.807) is 35.1 Å². The Morgan fingerprint density at radius 1 is 1.30 bits per heavy atom. The SMILES string of the molecule is O=C(NCCS(=O)(=O)N1CCOCC1)c1ccn2nccc2c1. The van der Waals surface area contributed by atoms with E-state index in [-0.39, 0.29) is 18.2 Å². The van der Waals surface area contributed by atoms with Crippen LogP contribution in [0.15, 0.2) is 30.6 Å². The summed E-state index contributed by atoms with van der Waals surface area (Å²) >= 11 is 0. The van der Waals surface area contributed by atoms with Crippen molar-refractivity contribution in [3.05, 3.63) is 36.2 Å². The second-order valence-corrected chi connectivity index (χ2v) is 7.29. The van der Waals surface area contributed by atoms with Crippen LogP contribution in [-0.2, 0) is 14.8 Å². The quantitative estimate of drug-likeness (QED) is 0.810. The third-order valence-electron chi connectivity index (χ3n) is 3.67. The minimum Gasteiger partial charge on any atom is -0.379 e. The summed E-state index contributed by atoms with van der Waals surface area (Å²) in [5, 5.41) is 6.70. The number of morpholine rings is 1. The zero-order valence-corrected chi connectivity index (χ0v) is 13.3. The van der Waals surface area contributed by atoms with E-state index in [1.807, 2.05) is 0 Å². The number of carbonyl (C=O) groups excluding carboxylic acids is 1. The molecular formula is C14H18N4O4S. The maximum absolute atomic E-state index is 12.2. The topological polar surface area (TPSA) is 93.0 Å². The molecule has 2 aromatic heterocycles. The van der Waals surface area contributed by atoms with E-state index in [0.29, 0.717) is 31.9 Å². The Kier molecular flexibility index (Phi) is 4.60. The molecule has 23 heavy (non-hydrogen) atoms. The smallest absolute Gasteiger partial charge is 0.251 e. The van der Waals surface area contributed by atoms with Crippen molar-refractivity contribution in [2.24, 2.45) is 0 Å². The van der Waals surface area contributed by atoms with Gasteiger partial charge in [-0.1, -0.05) is 0 Å². The molecule has 0 unspecified atom stereocenters. The van der Waals surface area contributed by atoms with Crippen LogP contribution >= 0.6 is 0 Å². The van der Waals surface area contributed by atoms with E-state index in [1.165, 1.54) is 4.31 Å². The van der Waals surface area contributed by atoms with E-state index in [9.17, 15) is 13.2 Å². The van der Waals surface area contributed by atoms with Gasteiger partial charge in [-0.3, -0.25) is 4.79 Å². The van der Waals surface area contributed by atoms with Gasteiger partial charge in [0.1, 0.15) is 0 Å². The second kappa shape index (κ2) is 6.65. The number of hydrogen-bond acceptors (Lipinski definition) is 5. The Bertz CT molecular complexity index is 796. The predicted octanol–water partition coefficient (Wildman–Crippen LogP) is -0.274. The summed E-state index contributed by atoms with van der Waals surface area (Å²) in [5.74, 6) is -0.418. The monoisotopic (exact) mass is 338 g/mol. The molecule has 0 atom stereocenters. The van der Waals surface area contributed by atoms with Crippen LogP contribution in [-0.4, -0.2) is 66.8 Å². The minimum atomic E-state index is -3.36. The fourth-order valence-corrected chi connectivity index (χ4v) is 3.74. The molecule has 2 aromatic rings. The number of nitrogens with zero attached hydrogens (tertiary/aromatic N) is 3.